The lowest BCUT2D eigenvalue weighted by molar-refractivity contribution is -0.384. The van der Waals surface area contributed by atoms with Crippen LogP contribution >= 0.6 is 11.6 Å². The Balaban J connectivity index is 1.02. The number of sulfonamides is 1. The third-order valence-corrected chi connectivity index (χ3v) is 15.3. The van der Waals surface area contributed by atoms with Gasteiger partial charge in [-0.25, -0.2) is 17.5 Å². The zero-order valence-electron chi connectivity index (χ0n) is 38.6. The molecule has 0 spiro atoms. The van der Waals surface area contributed by atoms with Gasteiger partial charge in [0.15, 0.2) is 6.10 Å². The molecule has 1 aliphatic carbocycles. The van der Waals surface area contributed by atoms with Gasteiger partial charge in [0.1, 0.15) is 22.7 Å². The van der Waals surface area contributed by atoms with E-state index in [1.807, 2.05) is 16.9 Å². The van der Waals surface area contributed by atoms with Crippen LogP contribution in [0.5, 0.6) is 5.88 Å². The maximum Gasteiger partial charge on any atom is 0.425 e. The van der Waals surface area contributed by atoms with Crippen LogP contribution in [0.4, 0.5) is 46.0 Å². The second kappa shape index (κ2) is 19.3. The number of fused-ring (bicyclic) bond motifs is 2. The summed E-state index contributed by atoms with van der Waals surface area (Å²) in [7, 11) is -4.83. The van der Waals surface area contributed by atoms with Crippen LogP contribution in [0.25, 0.3) is 16.6 Å². The minimum absolute atomic E-state index is 0.0718. The Bertz CT molecular complexity index is 2940. The average Bonchev–Trinajstić information content (AvgIpc) is 3.69. The number of aromatic amines is 1. The van der Waals surface area contributed by atoms with E-state index in [2.05, 4.69) is 51.1 Å². The minimum atomic E-state index is -4.83. The molecule has 2 saturated heterocycles. The van der Waals surface area contributed by atoms with Gasteiger partial charge in [0, 0.05) is 107 Å². The highest BCUT2D eigenvalue weighted by Crippen LogP contribution is 2.45. The van der Waals surface area contributed by atoms with E-state index in [-0.39, 0.29) is 78.7 Å². The summed E-state index contributed by atoms with van der Waals surface area (Å²) >= 11 is 6.25. The van der Waals surface area contributed by atoms with E-state index in [1.165, 1.54) is 22.1 Å². The van der Waals surface area contributed by atoms with Gasteiger partial charge in [-0.2, -0.15) is 18.2 Å². The molecule has 1 amide bonds. The molecule has 5 aromatic rings. The number of benzene rings is 3. The molecule has 3 aliphatic heterocycles. The van der Waals surface area contributed by atoms with Gasteiger partial charge < -0.3 is 29.6 Å². The van der Waals surface area contributed by atoms with Gasteiger partial charge in [-0.05, 0) is 90.4 Å². The molecule has 21 heteroatoms. The Hall–Kier alpha value is -5.96. The molecule has 3 N–H and O–H groups in total. The van der Waals surface area contributed by atoms with Crippen molar-refractivity contribution in [1.29, 1.82) is 0 Å². The number of hydrogen-bond acceptors (Lipinski definition) is 12. The molecule has 0 bridgehead atoms. The third kappa shape index (κ3) is 10.7. The van der Waals surface area contributed by atoms with Crippen LogP contribution in [-0.2, 0) is 14.8 Å². The van der Waals surface area contributed by atoms with Crippen molar-refractivity contribution >= 4 is 72.6 Å². The fourth-order valence-corrected chi connectivity index (χ4v) is 10.8. The summed E-state index contributed by atoms with van der Waals surface area (Å²) in [4.78, 5) is 38.5. The predicted octanol–water partition coefficient (Wildman–Crippen LogP) is 9.81. The van der Waals surface area contributed by atoms with Gasteiger partial charge in [0.05, 0.1) is 21.1 Å². The summed E-state index contributed by atoms with van der Waals surface area (Å²) in [6.45, 7) is 7.64. The number of pyridine rings is 1. The SMILES string of the molecule is CC1(C)CCC(CN2CCN(c3ccc(C(=O)NS(=O)(=O)c4ccc(NCC5(F)CCOCC5)c([N+](=O)[O-])c4)c(N4CC[C@H](C(F)(F)F)Oc5nc6[nH]ccc6cc54)c3)CC2)=C(c2ccc(Cl)cc2)C1. The van der Waals surface area contributed by atoms with Gasteiger partial charge in [-0.3, -0.25) is 19.8 Å². The largest absolute Gasteiger partial charge is 0.463 e. The summed E-state index contributed by atoms with van der Waals surface area (Å²) in [5, 5.41) is 16.2. The van der Waals surface area contributed by atoms with Crippen LogP contribution in [0, 0.1) is 15.5 Å². The summed E-state index contributed by atoms with van der Waals surface area (Å²) < 4.78 is 99.4. The van der Waals surface area contributed by atoms with Crippen LogP contribution in [0.2, 0.25) is 5.02 Å². The van der Waals surface area contributed by atoms with Gasteiger partial charge in [0.2, 0.25) is 5.88 Å². The Kier molecular flexibility index (Phi) is 13.5. The monoisotopic (exact) mass is 1010 g/mol. The fraction of sp³-hybridized carbons (Fsp3) is 0.429. The van der Waals surface area contributed by atoms with Crippen LogP contribution in [0.3, 0.4) is 0 Å². The first-order valence-corrected chi connectivity index (χ1v) is 25.0. The van der Waals surface area contributed by atoms with E-state index in [0.717, 1.165) is 49.6 Å². The molecule has 4 aliphatic rings. The van der Waals surface area contributed by atoms with E-state index >= 15 is 4.39 Å². The number of alkyl halides is 4. The zero-order valence-corrected chi connectivity index (χ0v) is 40.2. The quantitative estimate of drug-likeness (QED) is 0.0614. The number of nitro groups is 1. The van der Waals surface area contributed by atoms with Crippen molar-refractivity contribution in [2.75, 3.05) is 74.1 Å². The van der Waals surface area contributed by atoms with Crippen molar-refractivity contribution in [3.63, 3.8) is 0 Å². The molecule has 2 aromatic heterocycles. The number of allylic oxidation sites excluding steroid dienone is 1. The average molecular weight is 1010 g/mol. The first kappa shape index (κ1) is 49.0. The number of hydrogen-bond donors (Lipinski definition) is 3. The molecular weight excluding hydrogens is 956 g/mol. The molecule has 15 nitrogen and oxygen atoms in total. The van der Waals surface area contributed by atoms with Gasteiger partial charge in [0.25, 0.3) is 21.6 Å². The molecule has 3 aromatic carbocycles. The van der Waals surface area contributed by atoms with Crippen molar-refractivity contribution in [1.82, 2.24) is 19.6 Å². The van der Waals surface area contributed by atoms with E-state index in [0.29, 0.717) is 42.3 Å². The highest BCUT2D eigenvalue weighted by Gasteiger charge is 2.45. The number of nitro benzene ring substituents is 1. The Morgan fingerprint density at radius 3 is 2.43 bits per heavy atom. The number of nitrogens with one attached hydrogen (secondary N) is 3. The summed E-state index contributed by atoms with van der Waals surface area (Å²) in [6.07, 6.45) is -2.91. The summed E-state index contributed by atoms with van der Waals surface area (Å²) in [5.41, 5.74) is 2.44. The van der Waals surface area contributed by atoms with Crippen molar-refractivity contribution in [2.45, 2.75) is 75.2 Å². The van der Waals surface area contributed by atoms with Crippen molar-refractivity contribution in [3.05, 3.63) is 111 Å². The molecule has 0 saturated carbocycles. The van der Waals surface area contributed by atoms with Crippen LogP contribution in [0.15, 0.2) is 89.5 Å². The van der Waals surface area contributed by atoms with E-state index < -0.39 is 55.8 Å². The molecule has 5 heterocycles. The number of rotatable bonds is 12. The lowest BCUT2D eigenvalue weighted by Gasteiger charge is -2.39. The van der Waals surface area contributed by atoms with Crippen LogP contribution in [-0.4, -0.2) is 111 Å². The summed E-state index contributed by atoms with van der Waals surface area (Å²) in [5.74, 6) is -1.49. The lowest BCUT2D eigenvalue weighted by atomic mass is 9.72. The molecule has 0 unspecified atom stereocenters. The summed E-state index contributed by atoms with van der Waals surface area (Å²) in [6, 6.07) is 18.9. The zero-order chi connectivity index (χ0) is 49.6. The topological polar surface area (TPSA) is 175 Å². The number of amides is 1. The molecule has 1 atom stereocenters. The minimum Gasteiger partial charge on any atom is -0.463 e. The van der Waals surface area contributed by atoms with E-state index in [4.69, 9.17) is 21.1 Å². The highest BCUT2D eigenvalue weighted by molar-refractivity contribution is 7.90. The Labute approximate surface area is 407 Å². The number of nitrogens with zero attached hydrogens (tertiary/aromatic N) is 5. The second-order valence-electron chi connectivity index (χ2n) is 19.2. The predicted molar refractivity (Wildman–Crippen MR) is 259 cm³/mol. The number of aromatic nitrogens is 2. The van der Waals surface area contributed by atoms with Crippen molar-refractivity contribution < 1.29 is 45.2 Å². The number of carbonyl (C=O) groups is 1. The highest BCUT2D eigenvalue weighted by atomic mass is 35.5. The van der Waals surface area contributed by atoms with Gasteiger partial charge in [-0.15, -0.1) is 0 Å². The molecule has 372 valence electrons. The standard InChI is InChI=1S/C49H53ClF4N8O7S/c1-47(2)14-11-33(38(28-47)31-3-5-34(50)6-4-31)29-59-19-21-60(22-20-59)35-7-9-37(40(26-35)61-18-13-43(49(52,53)54)69-46-42(61)25-32-12-17-55-44(32)57-46)45(63)58-70(66,67)36-8-10-39(41(27-36)62(64)65)56-30-48(51)15-23-68-24-16-48/h3-10,12,17,25-27,43,56H,11,13-16,18-24,28-30H2,1-2H3,(H,55,57)(H,58,63)/t43-/m1/s1. The third-order valence-electron chi connectivity index (χ3n) is 13.7. The van der Waals surface area contributed by atoms with Crippen molar-refractivity contribution in [3.8, 4) is 5.88 Å². The normalized spacial score (nSPS) is 19.8. The maximum absolute atomic E-state index is 15.3. The van der Waals surface area contributed by atoms with Crippen LogP contribution < -0.4 is 24.6 Å². The number of carbonyl (C=O) groups excluding carboxylic acids is 1. The van der Waals surface area contributed by atoms with Crippen molar-refractivity contribution in [2.24, 2.45) is 5.41 Å². The molecule has 70 heavy (non-hydrogen) atoms. The van der Waals surface area contributed by atoms with E-state index in [9.17, 15) is 36.5 Å². The number of anilines is 4. The second-order valence-corrected chi connectivity index (χ2v) is 21.3. The number of piperazine rings is 1. The van der Waals surface area contributed by atoms with Gasteiger partial charge in [-0.1, -0.05) is 43.2 Å². The smallest absolute Gasteiger partial charge is 0.425 e. The Morgan fingerprint density at radius 2 is 1.71 bits per heavy atom. The van der Waals surface area contributed by atoms with E-state index in [1.54, 1.807) is 30.5 Å². The first-order chi connectivity index (χ1) is 33.2. The molecule has 2 fully saturated rings. The number of ether oxygens (including phenoxy) is 2. The first-order valence-electron chi connectivity index (χ1n) is 23.2. The number of halogens is 5. The lowest BCUT2D eigenvalue weighted by Crippen LogP contribution is -2.47. The van der Waals surface area contributed by atoms with Crippen LogP contribution in [0.1, 0.15) is 68.3 Å². The Morgan fingerprint density at radius 1 is 0.971 bits per heavy atom. The fourth-order valence-electron chi connectivity index (χ4n) is 9.69. The number of H-pyrrole nitrogens is 1. The molecule has 9 rings (SSSR count). The molecule has 0 radical (unpaired) electrons. The van der Waals surface area contributed by atoms with Gasteiger partial charge >= 0.3 is 6.18 Å². The maximum atomic E-state index is 15.3. The molecular formula is C49H53ClF4N8O7S.